The van der Waals surface area contributed by atoms with Crippen LogP contribution in [0.2, 0.25) is 0 Å². The number of alkyl halides is 3. The van der Waals surface area contributed by atoms with Gasteiger partial charge < -0.3 is 0 Å². The molecule has 0 aliphatic heterocycles. The predicted octanol–water partition coefficient (Wildman–Crippen LogP) is 4.10. The molecule has 0 fully saturated rings. The van der Waals surface area contributed by atoms with Crippen molar-refractivity contribution >= 4 is 48.5 Å². The molecular formula is C11H9BrF3IO4. The Kier molecular flexibility index (Phi) is 5.80. The van der Waals surface area contributed by atoms with Gasteiger partial charge in [0.2, 0.25) is 0 Å². The second-order valence-electron chi connectivity index (χ2n) is 3.51. The summed E-state index contributed by atoms with van der Waals surface area (Å²) in [5, 5.41) is 0. The van der Waals surface area contributed by atoms with E-state index in [-0.39, 0.29) is 8.04 Å². The van der Waals surface area contributed by atoms with Crippen LogP contribution in [0.5, 0.6) is 0 Å². The Balaban J connectivity index is 3.21. The summed E-state index contributed by atoms with van der Waals surface area (Å²) in [5.41, 5.74) is -0.913. The van der Waals surface area contributed by atoms with E-state index in [1.165, 1.54) is 6.07 Å². The third-order valence-electron chi connectivity index (χ3n) is 1.73. The van der Waals surface area contributed by atoms with Crippen LogP contribution >= 0.6 is 36.6 Å². The molecule has 20 heavy (non-hydrogen) atoms. The van der Waals surface area contributed by atoms with Crippen molar-refractivity contribution in [2.45, 2.75) is 20.0 Å². The molecule has 1 aromatic rings. The molecule has 0 aromatic heterocycles. The Morgan fingerprint density at radius 3 is 2.00 bits per heavy atom. The third kappa shape index (κ3) is 5.27. The van der Waals surface area contributed by atoms with Crippen LogP contribution in [0.15, 0.2) is 22.7 Å². The van der Waals surface area contributed by atoms with Crippen LogP contribution in [0, 0.1) is 3.57 Å². The van der Waals surface area contributed by atoms with Gasteiger partial charge in [-0.2, -0.15) is 0 Å². The van der Waals surface area contributed by atoms with Crippen molar-refractivity contribution in [3.05, 3.63) is 31.8 Å². The number of benzene rings is 1. The first-order valence-corrected chi connectivity index (χ1v) is 8.69. The van der Waals surface area contributed by atoms with Gasteiger partial charge in [0.25, 0.3) is 0 Å². The minimum absolute atomic E-state index is 0.0568. The summed E-state index contributed by atoms with van der Waals surface area (Å²) in [6.07, 6.45) is -4.55. The van der Waals surface area contributed by atoms with Crippen molar-refractivity contribution in [3.8, 4) is 0 Å². The van der Waals surface area contributed by atoms with Crippen molar-refractivity contribution in [1.29, 1.82) is 0 Å². The molecule has 112 valence electrons. The molecule has 0 saturated carbocycles. The van der Waals surface area contributed by atoms with Gasteiger partial charge in [-0.25, -0.2) is 0 Å². The Morgan fingerprint density at radius 2 is 1.60 bits per heavy atom. The summed E-state index contributed by atoms with van der Waals surface area (Å²) >= 11 is -0.312. The molecule has 0 spiro atoms. The molecule has 0 aliphatic carbocycles. The van der Waals surface area contributed by atoms with E-state index in [9.17, 15) is 22.8 Å². The molecule has 4 nitrogen and oxygen atoms in total. The molecule has 0 bridgehead atoms. The van der Waals surface area contributed by atoms with Crippen LogP contribution in [0.25, 0.3) is 0 Å². The number of hydrogen-bond donors (Lipinski definition) is 0. The average Bonchev–Trinajstić information content (AvgIpc) is 2.24. The fourth-order valence-corrected chi connectivity index (χ4v) is 4.93. The SMILES string of the molecule is CC(=O)OI(OC(C)=O)c1cc(Br)cc(C(F)(F)F)c1. The third-order valence-corrected chi connectivity index (χ3v) is 5.86. The minimum atomic E-state index is -4.55. The van der Waals surface area contributed by atoms with Crippen molar-refractivity contribution in [3.63, 3.8) is 0 Å². The van der Waals surface area contributed by atoms with Crippen LogP contribution in [0.4, 0.5) is 13.2 Å². The average molecular weight is 469 g/mol. The normalized spacial score (nSPS) is 11.8. The predicted molar refractivity (Wildman–Crippen MR) is 75.4 cm³/mol. The first-order chi connectivity index (χ1) is 9.09. The summed E-state index contributed by atoms with van der Waals surface area (Å²) in [5.74, 6) is -1.44. The second-order valence-corrected chi connectivity index (χ2v) is 7.79. The van der Waals surface area contributed by atoms with E-state index >= 15 is 0 Å². The van der Waals surface area contributed by atoms with Gasteiger partial charge in [-0.3, -0.25) is 0 Å². The Bertz CT molecular complexity index is 517. The summed E-state index contributed by atoms with van der Waals surface area (Å²) in [4.78, 5) is 21.9. The van der Waals surface area contributed by atoms with Gasteiger partial charge in [0, 0.05) is 0 Å². The Morgan fingerprint density at radius 1 is 1.10 bits per heavy atom. The summed E-state index contributed by atoms with van der Waals surface area (Å²) in [6.45, 7) is 2.19. The van der Waals surface area contributed by atoms with Crippen LogP contribution in [0.3, 0.4) is 0 Å². The molecule has 0 saturated heterocycles. The van der Waals surface area contributed by atoms with E-state index in [1.54, 1.807) is 0 Å². The zero-order chi connectivity index (χ0) is 15.5. The topological polar surface area (TPSA) is 52.6 Å². The van der Waals surface area contributed by atoms with Crippen LogP contribution in [-0.2, 0) is 21.9 Å². The van der Waals surface area contributed by atoms with Gasteiger partial charge in [-0.15, -0.1) is 0 Å². The number of carbonyl (C=O) groups is 2. The van der Waals surface area contributed by atoms with Crippen LogP contribution in [-0.4, -0.2) is 11.9 Å². The Labute approximate surface area is 129 Å². The van der Waals surface area contributed by atoms with E-state index in [0.717, 1.165) is 26.0 Å². The molecule has 9 heteroatoms. The molecule has 0 N–H and O–H groups in total. The van der Waals surface area contributed by atoms with Crippen molar-refractivity contribution in [1.82, 2.24) is 0 Å². The molecule has 0 atom stereocenters. The van der Waals surface area contributed by atoms with Gasteiger partial charge in [-0.1, -0.05) is 0 Å². The first kappa shape index (κ1) is 17.2. The molecule has 0 aliphatic rings. The number of carbonyl (C=O) groups excluding carboxylic acids is 2. The van der Waals surface area contributed by atoms with Gasteiger partial charge in [-0.05, 0) is 0 Å². The fourth-order valence-electron chi connectivity index (χ4n) is 1.11. The van der Waals surface area contributed by atoms with Gasteiger partial charge in [0.05, 0.1) is 0 Å². The van der Waals surface area contributed by atoms with Crippen molar-refractivity contribution in [2.75, 3.05) is 0 Å². The van der Waals surface area contributed by atoms with E-state index < -0.39 is 44.3 Å². The molecule has 0 unspecified atom stereocenters. The van der Waals surface area contributed by atoms with Gasteiger partial charge in [0.1, 0.15) is 0 Å². The zero-order valence-electron chi connectivity index (χ0n) is 10.3. The van der Waals surface area contributed by atoms with E-state index in [4.69, 9.17) is 6.13 Å². The molecular weight excluding hydrogens is 460 g/mol. The van der Waals surface area contributed by atoms with E-state index in [1.807, 2.05) is 0 Å². The molecule has 1 aromatic carbocycles. The van der Waals surface area contributed by atoms with E-state index in [2.05, 4.69) is 15.9 Å². The first-order valence-electron chi connectivity index (χ1n) is 5.05. The van der Waals surface area contributed by atoms with Gasteiger partial charge >= 0.3 is 129 Å². The molecule has 0 radical (unpaired) electrons. The number of halogens is 5. The van der Waals surface area contributed by atoms with Crippen molar-refractivity contribution in [2.24, 2.45) is 0 Å². The number of rotatable bonds is 3. The fraction of sp³-hybridized carbons (Fsp3) is 0.273. The zero-order valence-corrected chi connectivity index (χ0v) is 14.0. The second kappa shape index (κ2) is 6.74. The van der Waals surface area contributed by atoms with Crippen LogP contribution in [0.1, 0.15) is 19.4 Å². The number of hydrogen-bond acceptors (Lipinski definition) is 4. The molecule has 0 amide bonds. The summed E-state index contributed by atoms with van der Waals surface area (Å²) in [7, 11) is 0. The molecule has 1 rings (SSSR count). The summed E-state index contributed by atoms with van der Waals surface area (Å²) in [6, 6.07) is 3.05. The maximum atomic E-state index is 12.7. The van der Waals surface area contributed by atoms with Gasteiger partial charge in [0.15, 0.2) is 0 Å². The monoisotopic (exact) mass is 468 g/mol. The molecule has 0 heterocycles. The van der Waals surface area contributed by atoms with Crippen molar-refractivity contribution < 1.29 is 28.9 Å². The quantitative estimate of drug-likeness (QED) is 0.627. The standard InChI is InChI=1S/C11H9BrF3IO4/c1-6(17)19-16(20-7(2)18)10-4-8(11(13,14)15)3-9(12)5-10/h3-5H,1-2H3. The Hall–Kier alpha value is -0.840. The maximum absolute atomic E-state index is 12.7. The van der Waals surface area contributed by atoms with Crippen LogP contribution < -0.4 is 0 Å². The van der Waals surface area contributed by atoms with E-state index in [0.29, 0.717) is 0 Å². The summed E-state index contributed by atoms with van der Waals surface area (Å²) < 4.78 is 48.1.